The monoisotopic (exact) mass is 498 g/mol. The zero-order valence-corrected chi connectivity index (χ0v) is 24.4. The van der Waals surface area contributed by atoms with E-state index >= 15 is 0 Å². The second kappa shape index (κ2) is 25.0. The number of amides is 1. The lowest BCUT2D eigenvalue weighted by Gasteiger charge is -2.31. The molecule has 0 fully saturated rings. The summed E-state index contributed by atoms with van der Waals surface area (Å²) in [6, 6.07) is 0.681. The van der Waals surface area contributed by atoms with Crippen LogP contribution in [0.25, 0.3) is 0 Å². The van der Waals surface area contributed by atoms with Gasteiger partial charge in [0, 0.05) is 33.2 Å². The van der Waals surface area contributed by atoms with E-state index < -0.39 is 6.29 Å². The fourth-order valence-corrected chi connectivity index (χ4v) is 4.89. The molecule has 2 atom stereocenters. The molecule has 0 aliphatic heterocycles. The van der Waals surface area contributed by atoms with Crippen LogP contribution in [-0.2, 0) is 9.53 Å². The maximum Gasteiger partial charge on any atom is 0.222 e. The molecule has 0 rings (SSSR count). The third-order valence-electron chi connectivity index (χ3n) is 7.22. The van der Waals surface area contributed by atoms with Gasteiger partial charge < -0.3 is 19.6 Å². The van der Waals surface area contributed by atoms with E-state index in [0.29, 0.717) is 19.1 Å². The number of hydrogen-bond donors (Lipinski definition) is 1. The Morgan fingerprint density at radius 1 is 0.714 bits per heavy atom. The van der Waals surface area contributed by atoms with Crippen LogP contribution in [-0.4, -0.2) is 66.9 Å². The number of unbranched alkanes of at least 4 members (excludes halogenated alkanes) is 12. The van der Waals surface area contributed by atoms with Crippen LogP contribution in [0.15, 0.2) is 0 Å². The highest BCUT2D eigenvalue weighted by molar-refractivity contribution is 5.75. The molecule has 0 radical (unpaired) electrons. The standard InChI is InChI=1S/C30H62N2O3/c1-6-9-10-11-14-17-21-26-32(27-22-20-24-29(33)31(4)5)28(7-2)23-18-15-12-13-16-19-25-30(34)35-8-3/h28,30,34H,6-27H2,1-5H3. The minimum atomic E-state index is -0.575. The molecule has 1 N–H and O–H groups in total. The van der Waals surface area contributed by atoms with E-state index in [1.165, 1.54) is 96.4 Å². The first-order chi connectivity index (χ1) is 17.0. The van der Waals surface area contributed by atoms with E-state index in [0.717, 1.165) is 32.2 Å². The van der Waals surface area contributed by atoms with Crippen LogP contribution in [0.1, 0.15) is 143 Å². The van der Waals surface area contributed by atoms with Crippen molar-refractivity contribution in [3.63, 3.8) is 0 Å². The fraction of sp³-hybridized carbons (Fsp3) is 0.967. The molecule has 0 bridgehead atoms. The average molecular weight is 499 g/mol. The summed E-state index contributed by atoms with van der Waals surface area (Å²) in [7, 11) is 3.71. The molecule has 1 amide bonds. The fourth-order valence-electron chi connectivity index (χ4n) is 4.89. The number of nitrogens with zero attached hydrogens (tertiary/aromatic N) is 2. The molecule has 0 saturated carbocycles. The van der Waals surface area contributed by atoms with Gasteiger partial charge in [-0.25, -0.2) is 0 Å². The van der Waals surface area contributed by atoms with Gasteiger partial charge in [0.2, 0.25) is 5.91 Å². The minimum absolute atomic E-state index is 0.253. The summed E-state index contributed by atoms with van der Waals surface area (Å²) < 4.78 is 5.19. The van der Waals surface area contributed by atoms with Crippen molar-refractivity contribution in [2.45, 2.75) is 155 Å². The van der Waals surface area contributed by atoms with Crippen molar-refractivity contribution in [3.05, 3.63) is 0 Å². The van der Waals surface area contributed by atoms with Gasteiger partial charge in [-0.15, -0.1) is 0 Å². The molecule has 210 valence electrons. The quantitative estimate of drug-likeness (QED) is 0.0988. The molecule has 0 aromatic carbocycles. The Morgan fingerprint density at radius 3 is 1.77 bits per heavy atom. The molecule has 35 heavy (non-hydrogen) atoms. The average Bonchev–Trinajstić information content (AvgIpc) is 2.84. The normalized spacial score (nSPS) is 13.3. The molecule has 0 aliphatic carbocycles. The first kappa shape index (κ1) is 34.4. The molecule has 0 heterocycles. The predicted molar refractivity (Wildman–Crippen MR) is 151 cm³/mol. The maximum atomic E-state index is 11.9. The summed E-state index contributed by atoms with van der Waals surface area (Å²) in [4.78, 5) is 16.4. The van der Waals surface area contributed by atoms with Crippen LogP contribution in [0.5, 0.6) is 0 Å². The zero-order chi connectivity index (χ0) is 26.2. The third kappa shape index (κ3) is 21.2. The van der Waals surface area contributed by atoms with Gasteiger partial charge in [-0.05, 0) is 65.0 Å². The molecule has 0 aliphatic rings. The molecular formula is C30H62N2O3. The van der Waals surface area contributed by atoms with E-state index in [9.17, 15) is 9.90 Å². The lowest BCUT2D eigenvalue weighted by molar-refractivity contribution is -0.128. The van der Waals surface area contributed by atoms with Crippen molar-refractivity contribution in [1.82, 2.24) is 9.80 Å². The SMILES string of the molecule is CCCCCCCCCN(CCCCC(=O)N(C)C)C(CC)CCCCCCCCC(O)OCC. The Bertz CT molecular complexity index is 459. The zero-order valence-electron chi connectivity index (χ0n) is 24.4. The number of rotatable bonds is 26. The van der Waals surface area contributed by atoms with Crippen molar-refractivity contribution in [2.75, 3.05) is 33.8 Å². The van der Waals surface area contributed by atoms with Gasteiger partial charge in [-0.1, -0.05) is 84.5 Å². The highest BCUT2D eigenvalue weighted by Gasteiger charge is 2.16. The smallest absolute Gasteiger partial charge is 0.222 e. The van der Waals surface area contributed by atoms with Gasteiger partial charge in [0.25, 0.3) is 0 Å². The first-order valence-corrected chi connectivity index (χ1v) is 15.2. The molecule has 0 aromatic rings. The topological polar surface area (TPSA) is 53.0 Å². The van der Waals surface area contributed by atoms with Crippen LogP contribution in [0.3, 0.4) is 0 Å². The number of hydrogen-bond acceptors (Lipinski definition) is 4. The summed E-state index contributed by atoms with van der Waals surface area (Å²) in [6.07, 6.45) is 22.5. The number of ether oxygens (including phenoxy) is 1. The predicted octanol–water partition coefficient (Wildman–Crippen LogP) is 7.55. The third-order valence-corrected chi connectivity index (χ3v) is 7.22. The molecular weight excluding hydrogens is 436 g/mol. The lowest BCUT2D eigenvalue weighted by atomic mass is 10.0. The summed E-state index contributed by atoms with van der Waals surface area (Å²) in [5.74, 6) is 0.253. The highest BCUT2D eigenvalue weighted by Crippen LogP contribution is 2.18. The van der Waals surface area contributed by atoms with Gasteiger partial charge in [-0.3, -0.25) is 4.79 Å². The Morgan fingerprint density at radius 2 is 1.23 bits per heavy atom. The Balaban J connectivity index is 4.29. The van der Waals surface area contributed by atoms with Gasteiger partial charge in [0.1, 0.15) is 0 Å². The first-order valence-electron chi connectivity index (χ1n) is 15.2. The Kier molecular flexibility index (Phi) is 24.6. The van der Waals surface area contributed by atoms with Crippen LogP contribution < -0.4 is 0 Å². The summed E-state index contributed by atoms with van der Waals surface area (Å²) >= 11 is 0. The molecule has 0 spiro atoms. The van der Waals surface area contributed by atoms with Crippen LogP contribution in [0.4, 0.5) is 0 Å². The molecule has 0 aromatic heterocycles. The lowest BCUT2D eigenvalue weighted by Crippen LogP contribution is -2.36. The largest absolute Gasteiger partial charge is 0.368 e. The van der Waals surface area contributed by atoms with Gasteiger partial charge in [-0.2, -0.15) is 0 Å². The van der Waals surface area contributed by atoms with Crippen molar-refractivity contribution in [1.29, 1.82) is 0 Å². The van der Waals surface area contributed by atoms with Crippen LogP contribution in [0, 0.1) is 0 Å². The van der Waals surface area contributed by atoms with Gasteiger partial charge in [0.15, 0.2) is 6.29 Å². The maximum absolute atomic E-state index is 11.9. The Hall–Kier alpha value is -0.650. The van der Waals surface area contributed by atoms with Gasteiger partial charge >= 0.3 is 0 Å². The summed E-state index contributed by atoms with van der Waals surface area (Å²) in [5.41, 5.74) is 0. The highest BCUT2D eigenvalue weighted by atomic mass is 16.6. The molecule has 0 saturated heterocycles. The second-order valence-corrected chi connectivity index (χ2v) is 10.6. The number of carbonyl (C=O) groups is 1. The van der Waals surface area contributed by atoms with E-state index in [4.69, 9.17) is 4.74 Å². The van der Waals surface area contributed by atoms with Crippen molar-refractivity contribution in [3.8, 4) is 0 Å². The van der Waals surface area contributed by atoms with E-state index in [-0.39, 0.29) is 5.91 Å². The van der Waals surface area contributed by atoms with Crippen molar-refractivity contribution >= 4 is 5.91 Å². The molecule has 5 heteroatoms. The summed E-state index contributed by atoms with van der Waals surface area (Å²) in [6.45, 7) is 9.50. The second-order valence-electron chi connectivity index (χ2n) is 10.6. The Labute approximate surface area is 219 Å². The molecule has 5 nitrogen and oxygen atoms in total. The van der Waals surface area contributed by atoms with Gasteiger partial charge in [0.05, 0.1) is 0 Å². The molecule has 2 unspecified atom stereocenters. The number of carbonyl (C=O) groups excluding carboxylic acids is 1. The van der Waals surface area contributed by atoms with Crippen LogP contribution in [0.2, 0.25) is 0 Å². The van der Waals surface area contributed by atoms with Crippen molar-refractivity contribution in [2.24, 2.45) is 0 Å². The number of aliphatic hydroxyl groups is 1. The van der Waals surface area contributed by atoms with Crippen LogP contribution >= 0.6 is 0 Å². The van der Waals surface area contributed by atoms with E-state index in [1.807, 2.05) is 21.0 Å². The van der Waals surface area contributed by atoms with E-state index in [2.05, 4.69) is 18.7 Å². The summed E-state index contributed by atoms with van der Waals surface area (Å²) in [5, 5.41) is 9.64. The van der Waals surface area contributed by atoms with Crippen molar-refractivity contribution < 1.29 is 14.6 Å². The minimum Gasteiger partial charge on any atom is -0.368 e. The van der Waals surface area contributed by atoms with E-state index in [1.54, 1.807) is 4.90 Å². The number of aliphatic hydroxyl groups excluding tert-OH is 1.